The third kappa shape index (κ3) is 31.2. The van der Waals surface area contributed by atoms with Gasteiger partial charge in [0.15, 0.2) is 0 Å². The van der Waals surface area contributed by atoms with Gasteiger partial charge in [-0.2, -0.15) is 0 Å². The summed E-state index contributed by atoms with van der Waals surface area (Å²) in [6.07, 6.45) is -29.1. The predicted molar refractivity (Wildman–Crippen MR) is 498 cm³/mol. The largest absolute Gasteiger partial charge is 0.466 e. The van der Waals surface area contributed by atoms with Crippen LogP contribution in [-0.2, 0) is 23.8 Å². The molecule has 2 saturated heterocycles. The Morgan fingerprint density at radius 3 is 0.814 bits per heavy atom. The first kappa shape index (κ1) is 102. The van der Waals surface area contributed by atoms with Crippen molar-refractivity contribution in [2.24, 2.45) is 10.8 Å². The lowest BCUT2D eigenvalue weighted by Gasteiger charge is -2.52. The van der Waals surface area contributed by atoms with Crippen molar-refractivity contribution in [3.63, 3.8) is 0 Å². The summed E-state index contributed by atoms with van der Waals surface area (Å²) in [6.45, 7) is 16.6. The van der Waals surface area contributed by atoms with Crippen molar-refractivity contribution in [3.05, 3.63) is 0 Å². The molecular weight excluding hydrogens is 1110 g/mol. The third-order valence-corrected chi connectivity index (χ3v) is 18.9. The number of carbonyl (C=O) groups excluding carboxylic acids is 3. The molecule has 74 heteroatoms. The Balaban J connectivity index is 0. The van der Waals surface area contributed by atoms with E-state index in [1.807, 2.05) is 41.5 Å². The lowest BCUT2D eigenvalue weighted by molar-refractivity contribution is -0.155. The van der Waals surface area contributed by atoms with Gasteiger partial charge in [-0.25, -0.2) is 4.79 Å². The Kier molecular flexibility index (Phi) is 50.3. The summed E-state index contributed by atoms with van der Waals surface area (Å²) in [6, 6.07) is 0. The molecule has 0 aromatic heterocycles. The second-order valence-electron chi connectivity index (χ2n) is 27.2. The fraction of sp³-hybridized carbons (Fsp3) is 0.870. The predicted octanol–water partition coefficient (Wildman–Crippen LogP) is -21.6. The highest BCUT2D eigenvalue weighted by molar-refractivity contribution is 8.31. The van der Waals surface area contributed by atoms with E-state index in [0.717, 1.165) is 25.9 Å². The maximum atomic E-state index is 12.1. The molecule has 0 spiro atoms. The number of nitrogens with zero attached hydrogens (tertiary/aromatic N) is 1. The minimum Gasteiger partial charge on any atom is -0.466 e. The van der Waals surface area contributed by atoms with E-state index in [4.69, 9.17) is 285 Å². The molecule has 2 rings (SSSR count). The highest BCUT2D eigenvalue weighted by Gasteiger charge is 2.57. The molecular formula is C23H42B66N2O6. The summed E-state index contributed by atoms with van der Waals surface area (Å²) in [5.41, 5.74) is -1.30. The Hall–Kier alpha value is 2.46. The van der Waals surface area contributed by atoms with Gasteiger partial charge >= 0.3 is 18.0 Å². The van der Waals surface area contributed by atoms with Gasteiger partial charge in [-0.3, -0.25) is 9.59 Å². The second kappa shape index (κ2) is 48.1. The van der Waals surface area contributed by atoms with Crippen LogP contribution >= 0.6 is 0 Å². The topological polar surface area (TPSA) is 94.2 Å². The van der Waals surface area contributed by atoms with Crippen LogP contribution in [0, 0.1) is 10.8 Å². The van der Waals surface area contributed by atoms with Crippen LogP contribution in [0.15, 0.2) is 0 Å². The van der Waals surface area contributed by atoms with Crippen LogP contribution in [0.1, 0.15) is 74.1 Å². The van der Waals surface area contributed by atoms with Crippen molar-refractivity contribution in [1.82, 2.24) is 10.2 Å². The molecule has 70 radical (unpaired) electrons. The zero-order chi connectivity index (χ0) is 76.6. The summed E-state index contributed by atoms with van der Waals surface area (Å²) in [4.78, 5) is 37.2. The summed E-state index contributed by atoms with van der Waals surface area (Å²) >= 11 is 0. The van der Waals surface area contributed by atoms with Gasteiger partial charge in [-0.1, -0.05) is 13.8 Å². The maximum Gasteiger partial charge on any atom is 0.410 e. The van der Waals surface area contributed by atoms with Crippen molar-refractivity contribution >= 4 is 487 Å². The Bertz CT molecular complexity index is 2060. The van der Waals surface area contributed by atoms with Gasteiger partial charge < -0.3 is 24.4 Å². The molecule has 0 bridgehead atoms. The van der Waals surface area contributed by atoms with Gasteiger partial charge in [-0.15, -0.1) is 0 Å². The first-order chi connectivity index (χ1) is 44.4. The monoisotopic (exact) mass is 1170 g/mol. The summed E-state index contributed by atoms with van der Waals surface area (Å²) in [5, 5.41) is 3.20. The molecule has 378 valence electrons. The van der Waals surface area contributed by atoms with Gasteiger partial charge in [0.1, 0.15) is 5.60 Å². The number of hydrogen-bond acceptors (Lipinski definition) is 7. The Labute approximate surface area is 650 Å². The van der Waals surface area contributed by atoms with Crippen LogP contribution in [0.4, 0.5) is 4.79 Å². The zero-order valence-corrected chi connectivity index (χ0v) is 58.6. The molecule has 2 heterocycles. The molecule has 0 aliphatic carbocycles. The van der Waals surface area contributed by atoms with E-state index in [0.29, 0.717) is 39.1 Å². The fourth-order valence-corrected chi connectivity index (χ4v) is 14.2. The highest BCUT2D eigenvalue weighted by atomic mass is 16.6. The Morgan fingerprint density at radius 2 is 0.598 bits per heavy atom. The van der Waals surface area contributed by atoms with E-state index >= 15 is 0 Å². The van der Waals surface area contributed by atoms with Gasteiger partial charge in [0.05, 0.1) is 24.0 Å². The van der Waals surface area contributed by atoms with Crippen LogP contribution < -0.4 is 5.32 Å². The fourth-order valence-electron chi connectivity index (χ4n) is 14.2. The zero-order valence-electron chi connectivity index (χ0n) is 58.6. The molecule has 1 N–H and O–H groups in total. The summed E-state index contributed by atoms with van der Waals surface area (Å²) in [5.74, 6) is -0.235. The standard InChI is InChI=1S/C14H25NO4.C9H17NO2.B34.B32/c1-6-14(11(16)18-7-2)8-9-15(10-14)12(17)19-13(3,4)5;1-3-9(5-6-10-7-9)8(11)12-4-2;1-19(2)28(20(3)4)32(27(17)18)34(31(25(13)14)26(15)16)33(29(21(5)6)22(7)8)30(23(9)10)24(11)12;1-18(2)26(17)30(25(15)16)32(29(23(11)12)24(13)14)31(27(19(3)4)20(5)6)28(21(7)8)22(9)10/h6-10H2,1-5H3;10H,3-7H2,1-2H3;;. The van der Waals surface area contributed by atoms with Gasteiger partial charge in [0.2, 0.25) is 0 Å². The molecule has 2 aliphatic rings. The SMILES string of the molecule is CCOC(=O)C1(CC)CCN(C(=O)OC(C)(C)C)C1.CCOC(=O)C1(CC)CCNC1.[B]B([B])B(B([B])[B])B(B([B])[B])B(B(B([B])[B])B([B])[B])B(B(B([B])[B])B([B])[B])B(B([B])[B])B([B])[B].[B]B([B])B([B])B(B([B])[B])B(B(B([B])[B])B([B])[B])B(B(B([B])[B])B([B])[B])B(B([B])[B])B([B])[B]. The van der Waals surface area contributed by atoms with Crippen molar-refractivity contribution in [2.75, 3.05) is 39.4 Å². The molecule has 2 unspecified atom stereocenters. The molecule has 97 heavy (non-hydrogen) atoms. The summed E-state index contributed by atoms with van der Waals surface area (Å²) < 4.78 is 15.5. The van der Waals surface area contributed by atoms with Crippen LogP contribution in [0.3, 0.4) is 0 Å². The van der Waals surface area contributed by atoms with Gasteiger partial charge in [0, 0.05) is 488 Å². The van der Waals surface area contributed by atoms with E-state index in [1.54, 1.807) is 11.8 Å². The lowest BCUT2D eigenvalue weighted by Crippen LogP contribution is -2.90. The number of hydrogen-bond donors (Lipinski definition) is 1. The minimum absolute atomic E-state index is 0.0301. The number of rotatable bonds is 35. The second-order valence-corrected chi connectivity index (χ2v) is 27.2. The molecule has 0 aromatic rings. The Morgan fingerprint density at radius 1 is 0.351 bits per heavy atom. The number of nitrogens with one attached hydrogen (secondary N) is 1. The quantitative estimate of drug-likeness (QED) is 0.0384. The first-order valence-corrected chi connectivity index (χ1v) is 32.9. The normalized spacial score (nSPS) is 14.6. The third-order valence-electron chi connectivity index (χ3n) is 18.9. The first-order valence-electron chi connectivity index (χ1n) is 32.9. The number of likely N-dealkylation sites (tertiary alicyclic amines) is 1. The molecule has 8 nitrogen and oxygen atoms in total. The van der Waals surface area contributed by atoms with E-state index in [1.165, 1.54) is 0 Å². The van der Waals surface area contributed by atoms with E-state index < -0.39 is 209 Å². The van der Waals surface area contributed by atoms with Crippen molar-refractivity contribution in [2.45, 2.75) is 79.8 Å². The smallest absolute Gasteiger partial charge is 0.410 e. The highest BCUT2D eigenvalue weighted by Crippen LogP contribution is 2.36. The van der Waals surface area contributed by atoms with Crippen LogP contribution in [-0.4, -0.2) is 537 Å². The van der Waals surface area contributed by atoms with Crippen LogP contribution in [0.5, 0.6) is 0 Å². The number of amides is 1. The van der Waals surface area contributed by atoms with Crippen molar-refractivity contribution in [3.8, 4) is 0 Å². The van der Waals surface area contributed by atoms with E-state index in [2.05, 4.69) is 5.32 Å². The van der Waals surface area contributed by atoms with Gasteiger partial charge in [0.25, 0.3) is 0 Å². The van der Waals surface area contributed by atoms with Crippen molar-refractivity contribution in [1.29, 1.82) is 0 Å². The number of carbonyl (C=O) groups is 3. The van der Waals surface area contributed by atoms with Crippen LogP contribution in [0.2, 0.25) is 0 Å². The molecule has 1 amide bonds. The van der Waals surface area contributed by atoms with Crippen LogP contribution in [0.25, 0.3) is 0 Å². The number of ether oxygens (including phenoxy) is 3. The van der Waals surface area contributed by atoms with Gasteiger partial charge in [-0.05, 0) is 66.8 Å². The maximum absolute atomic E-state index is 12.1. The molecule has 0 aromatic carbocycles. The molecule has 2 aliphatic heterocycles. The number of esters is 2. The lowest BCUT2D eigenvalue weighted by atomic mass is 8.29. The average Bonchev–Trinajstić information content (AvgIpc) is 1.57. The average molecular weight is 1160 g/mol. The minimum atomic E-state index is -1.16. The van der Waals surface area contributed by atoms with E-state index in [9.17, 15) is 14.4 Å². The van der Waals surface area contributed by atoms with Crippen molar-refractivity contribution < 1.29 is 28.6 Å². The molecule has 2 atom stereocenters. The molecule has 0 saturated carbocycles. The summed E-state index contributed by atoms with van der Waals surface area (Å²) in [7, 11) is 213. The molecule has 2 fully saturated rings. The van der Waals surface area contributed by atoms with E-state index in [-0.39, 0.29) is 23.4 Å².